The molecule has 0 aliphatic carbocycles. The van der Waals surface area contributed by atoms with Gasteiger partial charge in [-0.25, -0.2) is 0 Å². The molecule has 0 fully saturated rings. The second-order valence-corrected chi connectivity index (χ2v) is 5.34. The van der Waals surface area contributed by atoms with Gasteiger partial charge in [-0.05, 0) is 37.3 Å². The Hall–Kier alpha value is -3.49. The monoisotopic (exact) mass is 345 g/mol. The van der Waals surface area contributed by atoms with Crippen molar-refractivity contribution in [2.75, 3.05) is 10.6 Å². The number of rotatable bonds is 3. The summed E-state index contributed by atoms with van der Waals surface area (Å²) in [6.45, 7) is 1.61. The van der Waals surface area contributed by atoms with Gasteiger partial charge in [0.25, 0.3) is 11.8 Å². The second kappa shape index (κ2) is 6.19. The van der Waals surface area contributed by atoms with Crippen LogP contribution in [-0.2, 0) is 4.79 Å². The van der Waals surface area contributed by atoms with Crippen LogP contribution in [0.25, 0.3) is 0 Å². The predicted octanol–water partition coefficient (Wildman–Crippen LogP) is 2.71. The van der Waals surface area contributed by atoms with E-state index in [9.17, 15) is 24.1 Å². The summed E-state index contributed by atoms with van der Waals surface area (Å²) in [7, 11) is 0. The fourth-order valence-corrected chi connectivity index (χ4v) is 2.28. The molecule has 128 valence electrons. The number of carbonyl (C=O) groups is 2. The van der Waals surface area contributed by atoms with Gasteiger partial charge in [0.2, 0.25) is 5.82 Å². The lowest BCUT2D eigenvalue weighted by Crippen LogP contribution is -2.34. The van der Waals surface area contributed by atoms with Crippen molar-refractivity contribution >= 4 is 28.9 Å². The number of hydrogen-bond donors (Lipinski definition) is 2. The molecule has 2 aromatic carbocycles. The molecule has 1 heterocycles. The molecule has 1 aliphatic rings. The van der Waals surface area contributed by atoms with Crippen molar-refractivity contribution in [2.45, 2.75) is 13.0 Å². The minimum atomic E-state index is -1.02. The first-order valence-electron chi connectivity index (χ1n) is 7.22. The van der Waals surface area contributed by atoms with Crippen molar-refractivity contribution in [3.63, 3.8) is 0 Å². The van der Waals surface area contributed by atoms with Crippen molar-refractivity contribution in [1.82, 2.24) is 0 Å². The van der Waals surface area contributed by atoms with Gasteiger partial charge in [0.1, 0.15) is 5.75 Å². The molecule has 9 heteroatoms. The van der Waals surface area contributed by atoms with Crippen molar-refractivity contribution in [3.05, 3.63) is 57.9 Å². The molecule has 0 aromatic heterocycles. The summed E-state index contributed by atoms with van der Waals surface area (Å²) >= 11 is 0. The predicted molar refractivity (Wildman–Crippen MR) is 86.2 cm³/mol. The number of carbonyl (C=O) groups excluding carboxylic acids is 2. The zero-order valence-corrected chi connectivity index (χ0v) is 12.9. The molecule has 0 spiro atoms. The maximum atomic E-state index is 13.3. The lowest BCUT2D eigenvalue weighted by Gasteiger charge is -2.23. The van der Waals surface area contributed by atoms with Crippen LogP contribution < -0.4 is 15.4 Å². The first-order valence-corrected chi connectivity index (χ1v) is 7.22. The van der Waals surface area contributed by atoms with E-state index in [4.69, 9.17) is 4.74 Å². The number of ether oxygens (including phenoxy) is 1. The maximum Gasteiger partial charge on any atom is 0.305 e. The molecule has 1 atom stereocenters. The van der Waals surface area contributed by atoms with Crippen LogP contribution in [0.4, 0.5) is 21.5 Å². The van der Waals surface area contributed by atoms with Crippen LogP contribution in [0.15, 0.2) is 36.4 Å². The number of benzene rings is 2. The van der Waals surface area contributed by atoms with E-state index >= 15 is 0 Å². The Balaban J connectivity index is 1.82. The van der Waals surface area contributed by atoms with Gasteiger partial charge in [-0.15, -0.1) is 0 Å². The van der Waals surface area contributed by atoms with E-state index in [1.54, 1.807) is 19.1 Å². The van der Waals surface area contributed by atoms with Crippen molar-refractivity contribution in [1.29, 1.82) is 0 Å². The van der Waals surface area contributed by atoms with Gasteiger partial charge >= 0.3 is 5.69 Å². The van der Waals surface area contributed by atoms with E-state index < -0.39 is 28.4 Å². The molecule has 0 saturated carbocycles. The van der Waals surface area contributed by atoms with E-state index in [1.807, 2.05) is 0 Å². The van der Waals surface area contributed by atoms with E-state index in [0.717, 1.165) is 18.2 Å². The minimum absolute atomic E-state index is 0.0697. The Kier molecular flexibility index (Phi) is 4.05. The van der Waals surface area contributed by atoms with Gasteiger partial charge < -0.3 is 15.4 Å². The van der Waals surface area contributed by atoms with Crippen molar-refractivity contribution in [2.24, 2.45) is 0 Å². The smallest absolute Gasteiger partial charge is 0.305 e. The first kappa shape index (κ1) is 16.4. The Labute approximate surface area is 140 Å². The number of hydrogen-bond acceptors (Lipinski definition) is 5. The summed E-state index contributed by atoms with van der Waals surface area (Å²) in [5.74, 6) is -1.53. The van der Waals surface area contributed by atoms with Crippen LogP contribution in [-0.4, -0.2) is 22.8 Å². The van der Waals surface area contributed by atoms with Gasteiger partial charge in [-0.3, -0.25) is 19.7 Å². The zero-order chi connectivity index (χ0) is 18.1. The number of halogens is 1. The number of amides is 2. The van der Waals surface area contributed by atoms with Crippen LogP contribution in [0.1, 0.15) is 17.3 Å². The molecule has 2 aromatic rings. The third kappa shape index (κ3) is 3.25. The largest absolute Gasteiger partial charge is 0.479 e. The third-order valence-corrected chi connectivity index (χ3v) is 3.57. The number of fused-ring (bicyclic) bond motifs is 1. The Bertz CT molecular complexity index is 899. The van der Waals surface area contributed by atoms with E-state index in [2.05, 4.69) is 10.6 Å². The van der Waals surface area contributed by atoms with Gasteiger partial charge in [-0.2, -0.15) is 4.39 Å². The molecule has 3 rings (SSSR count). The summed E-state index contributed by atoms with van der Waals surface area (Å²) in [5.41, 5.74) is -0.118. The fraction of sp³-hybridized carbons (Fsp3) is 0.125. The molecule has 1 aliphatic heterocycles. The number of nitro groups is 1. The summed E-state index contributed by atoms with van der Waals surface area (Å²) in [5, 5.41) is 15.9. The molecule has 0 saturated heterocycles. The van der Waals surface area contributed by atoms with E-state index in [-0.39, 0.29) is 11.5 Å². The van der Waals surface area contributed by atoms with Crippen LogP contribution in [0.3, 0.4) is 0 Å². The number of nitro benzene ring substituents is 1. The van der Waals surface area contributed by atoms with Crippen molar-refractivity contribution < 1.29 is 23.6 Å². The third-order valence-electron chi connectivity index (χ3n) is 3.57. The van der Waals surface area contributed by atoms with Gasteiger partial charge in [0.15, 0.2) is 6.10 Å². The SMILES string of the molecule is C[C@@H]1Oc2ccc(NC(=O)c3ccc(F)c([N+](=O)[O-])c3)cc2NC1=O. The first-order chi connectivity index (χ1) is 11.8. The Morgan fingerprint density at radius 1 is 1.32 bits per heavy atom. The molecule has 0 bridgehead atoms. The lowest BCUT2D eigenvalue weighted by molar-refractivity contribution is -0.387. The summed E-state index contributed by atoms with van der Waals surface area (Å²) in [6, 6.07) is 7.48. The topological polar surface area (TPSA) is 111 Å². The van der Waals surface area contributed by atoms with Crippen LogP contribution >= 0.6 is 0 Å². The molecule has 2 amide bonds. The highest BCUT2D eigenvalue weighted by molar-refractivity contribution is 6.05. The summed E-state index contributed by atoms with van der Waals surface area (Å²) < 4.78 is 18.7. The van der Waals surface area contributed by atoms with Crippen LogP contribution in [0.5, 0.6) is 5.75 Å². The highest BCUT2D eigenvalue weighted by Crippen LogP contribution is 2.32. The Morgan fingerprint density at radius 3 is 2.80 bits per heavy atom. The average molecular weight is 345 g/mol. The average Bonchev–Trinajstić information content (AvgIpc) is 2.56. The Morgan fingerprint density at radius 2 is 2.08 bits per heavy atom. The summed E-state index contributed by atoms with van der Waals surface area (Å²) in [6.07, 6.45) is -0.618. The van der Waals surface area contributed by atoms with Crippen LogP contribution in [0, 0.1) is 15.9 Å². The minimum Gasteiger partial charge on any atom is -0.479 e. The molecular weight excluding hydrogens is 333 g/mol. The molecule has 8 nitrogen and oxygen atoms in total. The highest BCUT2D eigenvalue weighted by atomic mass is 19.1. The molecular formula is C16H12FN3O5. The molecule has 2 N–H and O–H groups in total. The normalized spacial score (nSPS) is 15.6. The lowest BCUT2D eigenvalue weighted by atomic mass is 10.1. The fourth-order valence-electron chi connectivity index (χ4n) is 2.28. The van der Waals surface area contributed by atoms with Gasteiger partial charge in [-0.1, -0.05) is 0 Å². The quantitative estimate of drug-likeness (QED) is 0.656. The van der Waals surface area contributed by atoms with Crippen molar-refractivity contribution in [3.8, 4) is 5.75 Å². The van der Waals surface area contributed by atoms with Crippen LogP contribution in [0.2, 0.25) is 0 Å². The summed E-state index contributed by atoms with van der Waals surface area (Å²) in [4.78, 5) is 33.7. The molecule has 0 radical (unpaired) electrons. The van der Waals surface area contributed by atoms with E-state index in [0.29, 0.717) is 17.1 Å². The maximum absolute atomic E-state index is 13.3. The van der Waals surface area contributed by atoms with E-state index in [1.165, 1.54) is 6.07 Å². The number of nitrogens with one attached hydrogen (secondary N) is 2. The molecule has 25 heavy (non-hydrogen) atoms. The zero-order valence-electron chi connectivity index (χ0n) is 12.9. The standard InChI is InChI=1S/C16H12FN3O5/c1-8-15(21)19-12-7-10(3-5-14(12)25-8)18-16(22)9-2-4-11(17)13(6-9)20(23)24/h2-8H,1H3,(H,18,22)(H,19,21)/t8-/m0/s1. The van der Waals surface area contributed by atoms with Gasteiger partial charge in [0, 0.05) is 17.3 Å². The molecule has 0 unspecified atom stereocenters. The van der Waals surface area contributed by atoms with Gasteiger partial charge in [0.05, 0.1) is 10.6 Å². The second-order valence-electron chi connectivity index (χ2n) is 5.34. The highest BCUT2D eigenvalue weighted by Gasteiger charge is 2.24. The number of anilines is 2. The number of nitrogens with zero attached hydrogens (tertiary/aromatic N) is 1.